The summed E-state index contributed by atoms with van der Waals surface area (Å²) in [6.45, 7) is 0. The van der Waals surface area contributed by atoms with Crippen LogP contribution in [0.15, 0.2) is 0 Å². The van der Waals surface area contributed by atoms with Gasteiger partial charge >= 0.3 is 0 Å². The Morgan fingerprint density at radius 3 is 1.82 bits per heavy atom. The molecule has 0 heterocycles. The molecule has 2 aliphatic carbocycles. The molecule has 2 atom stereocenters. The van der Waals surface area contributed by atoms with Gasteiger partial charge in [-0.1, -0.05) is 57.8 Å². The second-order valence-corrected chi connectivity index (χ2v) is 7.81. The van der Waals surface area contributed by atoms with E-state index in [0.717, 1.165) is 38.5 Å². The summed E-state index contributed by atoms with van der Waals surface area (Å²) in [7, 11) is 0. The van der Waals surface area contributed by atoms with Gasteiger partial charge < -0.3 is 5.11 Å². The predicted molar refractivity (Wildman–Crippen MR) is 91.9 cm³/mol. The van der Waals surface area contributed by atoms with E-state index in [-0.39, 0.29) is 5.60 Å². The average Bonchev–Trinajstić information content (AvgIpc) is 2.50. The number of rotatable bonds is 0. The number of ketones is 1. The quantitative estimate of drug-likeness (QED) is 0.636. The number of fused-ring (bicyclic) bond motifs is 1. The van der Waals surface area contributed by atoms with Gasteiger partial charge in [-0.3, -0.25) is 4.79 Å². The molecule has 2 saturated carbocycles. The van der Waals surface area contributed by atoms with Gasteiger partial charge in [0.1, 0.15) is 5.78 Å². The van der Waals surface area contributed by atoms with Crippen LogP contribution in [-0.4, -0.2) is 16.5 Å². The van der Waals surface area contributed by atoms with E-state index in [9.17, 15) is 9.90 Å². The number of aliphatic hydroxyl groups is 1. The summed E-state index contributed by atoms with van der Waals surface area (Å²) < 4.78 is 0. The minimum absolute atomic E-state index is 0.308. The molecular formula is C20H36O2. The molecular weight excluding hydrogens is 272 g/mol. The molecule has 2 nitrogen and oxygen atoms in total. The number of Topliss-reactive ketones (excluding diaryl/α,β-unsaturated/α-hetero) is 1. The van der Waals surface area contributed by atoms with Gasteiger partial charge in [-0.25, -0.2) is 0 Å². The fourth-order valence-electron chi connectivity index (χ4n) is 4.25. The first-order chi connectivity index (χ1) is 10.7. The number of hydrogen-bond acceptors (Lipinski definition) is 2. The van der Waals surface area contributed by atoms with Gasteiger partial charge in [-0.2, -0.15) is 0 Å². The zero-order valence-corrected chi connectivity index (χ0v) is 14.5. The van der Waals surface area contributed by atoms with Crippen molar-refractivity contribution >= 4 is 5.78 Å². The molecule has 0 amide bonds. The molecule has 1 N–H and O–H groups in total. The van der Waals surface area contributed by atoms with Crippen LogP contribution in [0.5, 0.6) is 0 Å². The SMILES string of the molecule is O=C1CCCCCCCC[C@@]2(O)CC[C@@H]2CCCCCCC1. The summed E-state index contributed by atoms with van der Waals surface area (Å²) in [5.74, 6) is 1.06. The Bertz CT molecular complexity index is 326. The Kier molecular flexibility index (Phi) is 7.92. The van der Waals surface area contributed by atoms with Crippen LogP contribution < -0.4 is 0 Å². The molecule has 0 spiro atoms. The molecule has 0 unspecified atom stereocenters. The molecule has 0 aromatic carbocycles. The third-order valence-electron chi connectivity index (χ3n) is 6.01. The second-order valence-electron chi connectivity index (χ2n) is 7.81. The van der Waals surface area contributed by atoms with Crippen LogP contribution in [0.1, 0.15) is 109 Å². The summed E-state index contributed by atoms with van der Waals surface area (Å²) in [6.07, 6.45) is 19.5. The van der Waals surface area contributed by atoms with Crippen LogP contribution in [0.25, 0.3) is 0 Å². The molecule has 2 rings (SSSR count). The van der Waals surface area contributed by atoms with E-state index in [0.29, 0.717) is 11.7 Å². The molecule has 0 bridgehead atoms. The van der Waals surface area contributed by atoms with Crippen molar-refractivity contribution in [1.29, 1.82) is 0 Å². The maximum absolute atomic E-state index is 11.8. The van der Waals surface area contributed by atoms with Crippen LogP contribution in [0, 0.1) is 5.92 Å². The van der Waals surface area contributed by atoms with Gasteiger partial charge in [-0.05, 0) is 44.4 Å². The predicted octanol–water partition coefficient (Wildman–Crippen LogP) is 5.56. The first-order valence-corrected chi connectivity index (χ1v) is 9.95. The molecule has 0 aromatic heterocycles. The van der Waals surface area contributed by atoms with Crippen LogP contribution >= 0.6 is 0 Å². The van der Waals surface area contributed by atoms with Crippen molar-refractivity contribution in [3.63, 3.8) is 0 Å². The third kappa shape index (κ3) is 6.02. The molecule has 128 valence electrons. The summed E-state index contributed by atoms with van der Waals surface area (Å²) in [5, 5.41) is 10.7. The Hall–Kier alpha value is -0.370. The lowest BCUT2D eigenvalue weighted by atomic mass is 9.65. The van der Waals surface area contributed by atoms with Gasteiger partial charge in [0, 0.05) is 12.8 Å². The number of carbonyl (C=O) groups excluding carboxylic acids is 1. The highest BCUT2D eigenvalue weighted by atomic mass is 16.3. The molecule has 0 radical (unpaired) electrons. The molecule has 0 aromatic rings. The third-order valence-corrected chi connectivity index (χ3v) is 6.01. The number of carbonyl (C=O) groups is 1. The van der Waals surface area contributed by atoms with Gasteiger partial charge in [0.2, 0.25) is 0 Å². The largest absolute Gasteiger partial charge is 0.390 e. The summed E-state index contributed by atoms with van der Waals surface area (Å²) in [4.78, 5) is 11.8. The van der Waals surface area contributed by atoms with Crippen molar-refractivity contribution in [3.05, 3.63) is 0 Å². The van der Waals surface area contributed by atoms with Crippen molar-refractivity contribution in [3.8, 4) is 0 Å². The standard InChI is InChI=1S/C20H36O2/c21-19-13-9-5-1-2-7-11-16-20(22)17-15-18(20)12-8-4-3-6-10-14-19/h18,22H,1-17H2/t18-,20+/m0/s1. The van der Waals surface area contributed by atoms with E-state index in [1.165, 1.54) is 70.6 Å². The van der Waals surface area contributed by atoms with E-state index in [4.69, 9.17) is 0 Å². The van der Waals surface area contributed by atoms with E-state index >= 15 is 0 Å². The lowest BCUT2D eigenvalue weighted by Crippen LogP contribution is -2.46. The maximum atomic E-state index is 11.8. The van der Waals surface area contributed by atoms with Gasteiger partial charge in [0.25, 0.3) is 0 Å². The lowest BCUT2D eigenvalue weighted by Gasteiger charge is -2.46. The Balaban J connectivity index is 1.71. The van der Waals surface area contributed by atoms with Crippen LogP contribution in [0.2, 0.25) is 0 Å². The minimum atomic E-state index is -0.308. The van der Waals surface area contributed by atoms with Gasteiger partial charge in [0.05, 0.1) is 5.60 Å². The van der Waals surface area contributed by atoms with Crippen LogP contribution in [0.3, 0.4) is 0 Å². The van der Waals surface area contributed by atoms with E-state index in [1.54, 1.807) is 0 Å². The highest BCUT2D eigenvalue weighted by Crippen LogP contribution is 2.45. The molecule has 0 aliphatic heterocycles. The fourth-order valence-corrected chi connectivity index (χ4v) is 4.25. The maximum Gasteiger partial charge on any atom is 0.132 e. The molecule has 2 heteroatoms. The molecule has 0 saturated heterocycles. The van der Waals surface area contributed by atoms with Crippen LogP contribution in [-0.2, 0) is 4.79 Å². The van der Waals surface area contributed by atoms with Crippen molar-refractivity contribution in [2.75, 3.05) is 0 Å². The Labute approximate surface area is 137 Å². The fraction of sp³-hybridized carbons (Fsp3) is 0.950. The van der Waals surface area contributed by atoms with E-state index in [2.05, 4.69) is 0 Å². The zero-order valence-electron chi connectivity index (χ0n) is 14.5. The summed E-state index contributed by atoms with van der Waals surface area (Å²) in [5.41, 5.74) is -0.308. The van der Waals surface area contributed by atoms with Gasteiger partial charge in [-0.15, -0.1) is 0 Å². The summed E-state index contributed by atoms with van der Waals surface area (Å²) >= 11 is 0. The van der Waals surface area contributed by atoms with Crippen molar-refractivity contribution in [2.24, 2.45) is 5.92 Å². The monoisotopic (exact) mass is 308 g/mol. The van der Waals surface area contributed by atoms with Crippen molar-refractivity contribution < 1.29 is 9.90 Å². The van der Waals surface area contributed by atoms with E-state index < -0.39 is 0 Å². The highest BCUT2D eigenvalue weighted by molar-refractivity contribution is 5.78. The molecule has 2 fully saturated rings. The molecule has 2 aliphatic rings. The highest BCUT2D eigenvalue weighted by Gasteiger charge is 2.43. The van der Waals surface area contributed by atoms with Crippen molar-refractivity contribution in [2.45, 2.75) is 115 Å². The normalized spacial score (nSPS) is 34.0. The minimum Gasteiger partial charge on any atom is -0.390 e. The lowest BCUT2D eigenvalue weighted by molar-refractivity contribution is -0.119. The Morgan fingerprint density at radius 2 is 1.23 bits per heavy atom. The zero-order chi connectivity index (χ0) is 15.7. The van der Waals surface area contributed by atoms with Crippen LogP contribution in [0.4, 0.5) is 0 Å². The average molecular weight is 309 g/mol. The van der Waals surface area contributed by atoms with Crippen molar-refractivity contribution in [1.82, 2.24) is 0 Å². The summed E-state index contributed by atoms with van der Waals surface area (Å²) in [6, 6.07) is 0. The topological polar surface area (TPSA) is 37.3 Å². The number of hydrogen-bond donors (Lipinski definition) is 1. The van der Waals surface area contributed by atoms with E-state index in [1.807, 2.05) is 0 Å². The first-order valence-electron chi connectivity index (χ1n) is 9.95. The smallest absolute Gasteiger partial charge is 0.132 e. The second kappa shape index (κ2) is 9.70. The first kappa shape index (κ1) is 18.0. The van der Waals surface area contributed by atoms with Gasteiger partial charge in [0.15, 0.2) is 0 Å². The molecule has 22 heavy (non-hydrogen) atoms. The Morgan fingerprint density at radius 1 is 0.682 bits per heavy atom.